The second-order valence-electron chi connectivity index (χ2n) is 6.83. The summed E-state index contributed by atoms with van der Waals surface area (Å²) in [5, 5.41) is 9.22. The molecule has 0 aliphatic carbocycles. The lowest BCUT2D eigenvalue weighted by Crippen LogP contribution is -2.21. The zero-order chi connectivity index (χ0) is 20.7. The van der Waals surface area contributed by atoms with Gasteiger partial charge in [-0.1, -0.05) is 28.9 Å². The SMILES string of the molecule is COc1ccc(-c2noc(-c3cc4n(n3)C[C@H](c3ccc(Cl)cc3)OC4)n2)cc1F. The van der Waals surface area contributed by atoms with Crippen LogP contribution in [0.4, 0.5) is 4.39 Å². The minimum atomic E-state index is -0.496. The molecule has 2 aromatic heterocycles. The fraction of sp³-hybridized carbons (Fsp3) is 0.190. The fourth-order valence-corrected chi connectivity index (χ4v) is 3.49. The zero-order valence-corrected chi connectivity index (χ0v) is 16.6. The molecule has 0 radical (unpaired) electrons. The molecule has 0 saturated carbocycles. The van der Waals surface area contributed by atoms with Crippen molar-refractivity contribution in [3.05, 3.63) is 70.6 Å². The lowest BCUT2D eigenvalue weighted by atomic mass is 10.1. The van der Waals surface area contributed by atoms with Crippen molar-refractivity contribution >= 4 is 11.6 Å². The molecule has 0 fully saturated rings. The van der Waals surface area contributed by atoms with Gasteiger partial charge in [0, 0.05) is 10.6 Å². The smallest absolute Gasteiger partial charge is 0.278 e. The van der Waals surface area contributed by atoms with Crippen molar-refractivity contribution in [3.8, 4) is 28.7 Å². The first-order valence-corrected chi connectivity index (χ1v) is 9.60. The van der Waals surface area contributed by atoms with E-state index in [2.05, 4.69) is 15.2 Å². The molecule has 9 heteroatoms. The van der Waals surface area contributed by atoms with Crippen LogP contribution in [-0.2, 0) is 17.9 Å². The van der Waals surface area contributed by atoms with Gasteiger partial charge in [0.2, 0.25) is 5.82 Å². The molecule has 5 rings (SSSR count). The van der Waals surface area contributed by atoms with E-state index in [1.54, 1.807) is 6.07 Å². The minimum absolute atomic E-state index is 0.122. The van der Waals surface area contributed by atoms with Crippen molar-refractivity contribution < 1.29 is 18.4 Å². The highest BCUT2D eigenvalue weighted by atomic mass is 35.5. The van der Waals surface area contributed by atoms with Crippen LogP contribution in [0, 0.1) is 5.82 Å². The zero-order valence-electron chi connectivity index (χ0n) is 15.9. The number of hydrogen-bond acceptors (Lipinski definition) is 6. The molecule has 30 heavy (non-hydrogen) atoms. The summed E-state index contributed by atoms with van der Waals surface area (Å²) in [4.78, 5) is 4.36. The van der Waals surface area contributed by atoms with E-state index in [0.717, 1.165) is 11.3 Å². The normalized spacial score (nSPS) is 15.8. The molecule has 0 saturated heterocycles. The Morgan fingerprint density at radius 3 is 2.77 bits per heavy atom. The molecule has 0 N–H and O–H groups in total. The summed E-state index contributed by atoms with van der Waals surface area (Å²) in [5.74, 6) is 0.183. The highest BCUT2D eigenvalue weighted by molar-refractivity contribution is 6.30. The average molecular weight is 427 g/mol. The molecule has 4 aromatic rings. The summed E-state index contributed by atoms with van der Waals surface area (Å²) in [5.41, 5.74) is 2.96. The van der Waals surface area contributed by atoms with Gasteiger partial charge in [0.1, 0.15) is 6.10 Å². The standard InChI is InChI=1S/C21H16ClFN4O3/c1-28-18-7-4-13(8-16(18)23)20-24-21(30-26-20)17-9-15-11-29-19(10-27(15)25-17)12-2-5-14(22)6-3-12/h2-9,19H,10-11H2,1H3/t19-/m1/s1. The summed E-state index contributed by atoms with van der Waals surface area (Å²) in [6, 6.07) is 13.9. The number of nitrogens with zero attached hydrogens (tertiary/aromatic N) is 4. The third-order valence-electron chi connectivity index (χ3n) is 4.93. The van der Waals surface area contributed by atoms with E-state index in [-0.39, 0.29) is 23.6 Å². The van der Waals surface area contributed by atoms with E-state index in [1.165, 1.54) is 19.2 Å². The molecular weight excluding hydrogens is 411 g/mol. The van der Waals surface area contributed by atoms with Gasteiger partial charge in [0.15, 0.2) is 17.3 Å². The number of hydrogen-bond donors (Lipinski definition) is 0. The summed E-state index contributed by atoms with van der Waals surface area (Å²) in [6.07, 6.45) is -0.122. The van der Waals surface area contributed by atoms with Gasteiger partial charge in [0.25, 0.3) is 5.89 Å². The van der Waals surface area contributed by atoms with Gasteiger partial charge < -0.3 is 14.0 Å². The van der Waals surface area contributed by atoms with E-state index >= 15 is 0 Å². The van der Waals surface area contributed by atoms with Crippen LogP contribution in [0.3, 0.4) is 0 Å². The Morgan fingerprint density at radius 2 is 2.00 bits per heavy atom. The molecule has 152 valence electrons. The summed E-state index contributed by atoms with van der Waals surface area (Å²) in [6.45, 7) is 0.965. The topological polar surface area (TPSA) is 75.2 Å². The van der Waals surface area contributed by atoms with Crippen LogP contribution >= 0.6 is 11.6 Å². The van der Waals surface area contributed by atoms with Gasteiger partial charge in [-0.25, -0.2) is 4.39 Å². The number of methoxy groups -OCH3 is 1. The van der Waals surface area contributed by atoms with Crippen LogP contribution in [0.15, 0.2) is 53.1 Å². The van der Waals surface area contributed by atoms with Gasteiger partial charge in [-0.05, 0) is 42.0 Å². The monoisotopic (exact) mass is 426 g/mol. The van der Waals surface area contributed by atoms with Crippen molar-refractivity contribution in [2.24, 2.45) is 0 Å². The molecule has 0 amide bonds. The van der Waals surface area contributed by atoms with E-state index in [9.17, 15) is 4.39 Å². The largest absolute Gasteiger partial charge is 0.494 e. The molecule has 1 aliphatic rings. The first-order chi connectivity index (χ1) is 14.6. The molecule has 7 nitrogen and oxygen atoms in total. The van der Waals surface area contributed by atoms with Crippen molar-refractivity contribution in [1.29, 1.82) is 0 Å². The Balaban J connectivity index is 1.38. The average Bonchev–Trinajstić information content (AvgIpc) is 3.41. The minimum Gasteiger partial charge on any atom is -0.494 e. The lowest BCUT2D eigenvalue weighted by molar-refractivity contribution is -0.00112. The van der Waals surface area contributed by atoms with Gasteiger partial charge >= 0.3 is 0 Å². The highest BCUT2D eigenvalue weighted by Gasteiger charge is 2.24. The predicted octanol–water partition coefficient (Wildman–Crippen LogP) is 4.67. The third-order valence-corrected chi connectivity index (χ3v) is 5.18. The molecule has 3 heterocycles. The number of benzene rings is 2. The molecule has 0 spiro atoms. The molecule has 0 unspecified atom stereocenters. The van der Waals surface area contributed by atoms with E-state index in [1.807, 2.05) is 35.0 Å². The first-order valence-electron chi connectivity index (χ1n) is 9.22. The molecular formula is C21H16ClFN4O3. The number of ether oxygens (including phenoxy) is 2. The van der Waals surface area contributed by atoms with Crippen LogP contribution in [0.5, 0.6) is 5.75 Å². The lowest BCUT2D eigenvalue weighted by Gasteiger charge is -2.24. The molecule has 2 aromatic carbocycles. The maximum Gasteiger partial charge on any atom is 0.278 e. The van der Waals surface area contributed by atoms with Gasteiger partial charge in [0.05, 0.1) is 26.0 Å². The molecule has 1 aliphatic heterocycles. The number of aromatic nitrogens is 4. The van der Waals surface area contributed by atoms with Crippen LogP contribution in [0.2, 0.25) is 5.02 Å². The Labute approximate surface area is 176 Å². The fourth-order valence-electron chi connectivity index (χ4n) is 3.36. The number of fused-ring (bicyclic) bond motifs is 1. The van der Waals surface area contributed by atoms with Crippen LogP contribution in [0.1, 0.15) is 17.4 Å². The second-order valence-corrected chi connectivity index (χ2v) is 7.26. The van der Waals surface area contributed by atoms with Crippen molar-refractivity contribution in [3.63, 3.8) is 0 Å². The second kappa shape index (κ2) is 7.55. The summed E-state index contributed by atoms with van der Waals surface area (Å²) >= 11 is 5.96. The molecule has 0 bridgehead atoms. The summed E-state index contributed by atoms with van der Waals surface area (Å²) < 4.78 is 32.1. The van der Waals surface area contributed by atoms with Gasteiger partial charge in [-0.15, -0.1) is 0 Å². The maximum absolute atomic E-state index is 14.0. The Hall–Kier alpha value is -3.23. The first kappa shape index (κ1) is 18.8. The summed E-state index contributed by atoms with van der Waals surface area (Å²) in [7, 11) is 1.41. The number of halogens is 2. The van der Waals surface area contributed by atoms with E-state index in [0.29, 0.717) is 29.4 Å². The van der Waals surface area contributed by atoms with Crippen molar-refractivity contribution in [2.75, 3.05) is 7.11 Å². The van der Waals surface area contributed by atoms with Crippen LogP contribution in [-0.4, -0.2) is 27.0 Å². The van der Waals surface area contributed by atoms with E-state index < -0.39 is 5.82 Å². The van der Waals surface area contributed by atoms with Crippen molar-refractivity contribution in [2.45, 2.75) is 19.3 Å². The quantitative estimate of drug-likeness (QED) is 0.472. The Kier molecular flexibility index (Phi) is 4.72. The highest BCUT2D eigenvalue weighted by Crippen LogP contribution is 2.30. The Bertz CT molecular complexity index is 1210. The molecule has 1 atom stereocenters. The van der Waals surface area contributed by atoms with E-state index in [4.69, 9.17) is 25.6 Å². The van der Waals surface area contributed by atoms with Gasteiger partial charge in [-0.2, -0.15) is 10.1 Å². The third kappa shape index (κ3) is 3.44. The Morgan fingerprint density at radius 1 is 1.17 bits per heavy atom. The van der Waals surface area contributed by atoms with Gasteiger partial charge in [-0.3, -0.25) is 4.68 Å². The number of rotatable bonds is 4. The van der Waals surface area contributed by atoms with Crippen molar-refractivity contribution in [1.82, 2.24) is 19.9 Å². The van der Waals surface area contributed by atoms with Crippen LogP contribution < -0.4 is 4.74 Å². The predicted molar refractivity (Wildman–Crippen MR) is 106 cm³/mol. The maximum atomic E-state index is 14.0. The van der Waals surface area contributed by atoms with Crippen LogP contribution in [0.25, 0.3) is 23.0 Å².